The van der Waals surface area contributed by atoms with Crippen LogP contribution in [0.1, 0.15) is 146 Å². The van der Waals surface area contributed by atoms with Crippen molar-refractivity contribution in [1.29, 1.82) is 0 Å². The van der Waals surface area contributed by atoms with Gasteiger partial charge in [-0.2, -0.15) is 0 Å². The maximum absolute atomic E-state index is 12.7. The van der Waals surface area contributed by atoms with Crippen molar-refractivity contribution >= 4 is 25.5 Å². The second kappa shape index (κ2) is 28.7. The lowest BCUT2D eigenvalue weighted by atomic mass is 9.90. The van der Waals surface area contributed by atoms with Crippen molar-refractivity contribution < 1.29 is 57.0 Å². The topological polar surface area (TPSA) is 205 Å². The van der Waals surface area contributed by atoms with Crippen LogP contribution >= 0.6 is 7.82 Å². The number of rotatable bonds is 32. The first-order chi connectivity index (χ1) is 27.3. The third kappa shape index (κ3) is 20.8. The molecule has 0 saturated heterocycles. The fourth-order valence-corrected chi connectivity index (χ4v) is 7.66. The average Bonchev–Trinajstić information content (AvgIpc) is 3.60. The van der Waals surface area contributed by atoms with E-state index in [2.05, 4.69) is 27.7 Å². The number of esters is 2. The summed E-state index contributed by atoms with van der Waals surface area (Å²) in [5, 5.41) is 20.7. The molecule has 0 spiro atoms. The van der Waals surface area contributed by atoms with E-state index in [9.17, 15) is 34.1 Å². The Morgan fingerprint density at radius 2 is 1.58 bits per heavy atom. The molecule has 1 unspecified atom stereocenters. The second-order valence-electron chi connectivity index (χ2n) is 15.2. The molecule has 0 aromatic carbocycles. The van der Waals surface area contributed by atoms with Crippen molar-refractivity contribution in [3.8, 4) is 0 Å². The van der Waals surface area contributed by atoms with Gasteiger partial charge < -0.3 is 34.7 Å². The van der Waals surface area contributed by atoms with Gasteiger partial charge in [-0.15, -0.1) is 0 Å². The number of hydrogen-bond acceptors (Lipinski definition) is 12. The highest BCUT2D eigenvalue weighted by Gasteiger charge is 2.39. The van der Waals surface area contributed by atoms with E-state index in [4.69, 9.17) is 28.7 Å². The predicted octanol–water partition coefficient (Wildman–Crippen LogP) is 7.85. The Labute approximate surface area is 340 Å². The van der Waals surface area contributed by atoms with E-state index in [1.807, 2.05) is 12.2 Å². The van der Waals surface area contributed by atoms with Gasteiger partial charge in [0.05, 0.1) is 25.4 Å². The molecule has 0 radical (unpaired) electrons. The summed E-state index contributed by atoms with van der Waals surface area (Å²) in [6.45, 7) is 7.43. The molecule has 0 aliphatic heterocycles. The minimum absolute atomic E-state index is 0.00664. The number of nitrogens with two attached hydrogens (primary N) is 1. The predicted molar refractivity (Wildman–Crippen MR) is 219 cm³/mol. The summed E-state index contributed by atoms with van der Waals surface area (Å²) in [4.78, 5) is 47.6. The van der Waals surface area contributed by atoms with Crippen LogP contribution in [-0.4, -0.2) is 77.5 Å². The number of furan rings is 1. The number of hydrogen-bond donors (Lipinski definition) is 4. The number of aliphatic hydroxyl groups is 2. The molecule has 13 nitrogen and oxygen atoms in total. The molecule has 1 saturated carbocycles. The zero-order chi connectivity index (χ0) is 42.1. The molecule has 5 N–H and O–H groups in total. The summed E-state index contributed by atoms with van der Waals surface area (Å²) >= 11 is 0. The molecule has 0 amide bonds. The largest absolute Gasteiger partial charge is 0.472 e. The lowest BCUT2D eigenvalue weighted by Gasteiger charge is -2.19. The minimum Gasteiger partial charge on any atom is -0.466 e. The summed E-state index contributed by atoms with van der Waals surface area (Å²) in [5.74, 6) is 0.378. The number of ketones is 1. The quantitative estimate of drug-likeness (QED) is 0.0237. The summed E-state index contributed by atoms with van der Waals surface area (Å²) in [6, 6.07) is 0. The molecule has 1 aliphatic rings. The number of carbonyl (C=O) groups excluding carboxylic acids is 3. The van der Waals surface area contributed by atoms with E-state index < -0.39 is 50.6 Å². The second-order valence-corrected chi connectivity index (χ2v) is 16.7. The lowest BCUT2D eigenvalue weighted by Crippen LogP contribution is -2.29. The number of aryl methyl sites for hydroxylation is 2. The van der Waals surface area contributed by atoms with Crippen LogP contribution in [0.25, 0.3) is 0 Å². The van der Waals surface area contributed by atoms with Gasteiger partial charge in [-0.05, 0) is 69.9 Å². The summed E-state index contributed by atoms with van der Waals surface area (Å²) in [7, 11) is -4.46. The third-order valence-corrected chi connectivity index (χ3v) is 11.4. The number of phosphoric ester groups is 1. The zero-order valence-electron chi connectivity index (χ0n) is 35.0. The fourth-order valence-electron chi connectivity index (χ4n) is 6.90. The van der Waals surface area contributed by atoms with Gasteiger partial charge in [0.2, 0.25) is 0 Å². The number of unbranched alkanes of at least 4 members (excludes halogenated alkanes) is 8. The molecule has 326 valence electrons. The smallest absolute Gasteiger partial charge is 0.466 e. The highest BCUT2D eigenvalue weighted by Crippen LogP contribution is 2.43. The number of aliphatic hydroxyl groups excluding tert-OH is 2. The number of ether oxygens (including phenoxy) is 2. The first kappa shape index (κ1) is 50.5. The molecule has 0 bridgehead atoms. The van der Waals surface area contributed by atoms with Gasteiger partial charge in [0.1, 0.15) is 23.9 Å². The van der Waals surface area contributed by atoms with Gasteiger partial charge in [-0.3, -0.25) is 23.4 Å². The number of carbonyl (C=O) groups is 3. The zero-order valence-corrected chi connectivity index (χ0v) is 35.9. The van der Waals surface area contributed by atoms with Crippen molar-refractivity contribution in [3.63, 3.8) is 0 Å². The van der Waals surface area contributed by atoms with Gasteiger partial charge in [0.25, 0.3) is 0 Å². The van der Waals surface area contributed by atoms with Gasteiger partial charge in [0, 0.05) is 50.5 Å². The standard InChI is InChI=1S/C43H72NO12P/c1-5-7-14-20-34(45)25-26-37-36(38(46)29-39(37)47)21-15-12-13-17-23-42(48)52-30-35(31-54-57(50,51)53-28-27-44)55-43(49)24-18-11-9-8-10-16-22-41-33(4)32(3)40(56-41)19-6-2/h12,15,25-26,34-38,45-46H,5-11,13-14,16-24,27-31,44H2,1-4H3,(H,50,51)/b15-12-,26-25+/t34-,35+,36+,37+,38-/m0/s1. The molecule has 14 heteroatoms. The van der Waals surface area contributed by atoms with Crippen LogP contribution < -0.4 is 5.73 Å². The van der Waals surface area contributed by atoms with E-state index in [0.29, 0.717) is 32.1 Å². The summed E-state index contributed by atoms with van der Waals surface area (Å²) < 4.78 is 38.8. The maximum Gasteiger partial charge on any atom is 0.472 e. The van der Waals surface area contributed by atoms with E-state index in [-0.39, 0.29) is 50.7 Å². The molecule has 1 aliphatic carbocycles. The normalized spacial score (nSPS) is 19.4. The van der Waals surface area contributed by atoms with Crippen LogP contribution in [0, 0.1) is 25.7 Å². The monoisotopic (exact) mass is 825 g/mol. The fraction of sp³-hybridized carbons (Fsp3) is 0.744. The van der Waals surface area contributed by atoms with E-state index in [1.54, 1.807) is 12.2 Å². The Kier molecular flexibility index (Phi) is 25.5. The van der Waals surface area contributed by atoms with Crippen molar-refractivity contribution in [3.05, 3.63) is 47.0 Å². The summed E-state index contributed by atoms with van der Waals surface area (Å²) in [5.41, 5.74) is 7.87. The van der Waals surface area contributed by atoms with E-state index in [0.717, 1.165) is 82.1 Å². The highest BCUT2D eigenvalue weighted by molar-refractivity contribution is 7.47. The SMILES string of the molecule is CCCCC[C@H](O)/C=C/[C@H]1C(=O)C[C@H](O)[C@@H]1C/C=C\CCCC(=O)OC[C@H](COP(=O)(O)OCCN)OC(=O)CCCCCCCCc1oc(CCC)c(C)c1C. The van der Waals surface area contributed by atoms with Crippen LogP contribution in [0.4, 0.5) is 0 Å². The third-order valence-electron chi connectivity index (χ3n) is 10.4. The van der Waals surface area contributed by atoms with Crippen molar-refractivity contribution in [2.24, 2.45) is 17.6 Å². The van der Waals surface area contributed by atoms with Gasteiger partial charge >= 0.3 is 19.8 Å². The Morgan fingerprint density at radius 1 is 0.895 bits per heavy atom. The Morgan fingerprint density at radius 3 is 2.28 bits per heavy atom. The molecular weight excluding hydrogens is 753 g/mol. The minimum atomic E-state index is -4.46. The van der Waals surface area contributed by atoms with Crippen LogP contribution in [-0.2, 0) is 50.3 Å². The molecule has 6 atom stereocenters. The molecule has 57 heavy (non-hydrogen) atoms. The van der Waals surface area contributed by atoms with Crippen molar-refractivity contribution in [1.82, 2.24) is 0 Å². The molecular formula is C43H72NO12P. The molecule has 1 aromatic heterocycles. The Hall–Kier alpha value is -2.64. The van der Waals surface area contributed by atoms with Gasteiger partial charge in [-0.1, -0.05) is 83.1 Å². The first-order valence-corrected chi connectivity index (χ1v) is 22.8. The Bertz CT molecular complexity index is 1420. The van der Waals surface area contributed by atoms with Crippen LogP contribution in [0.2, 0.25) is 0 Å². The molecule has 2 rings (SSSR count). The molecule has 1 aromatic rings. The molecule has 1 fully saturated rings. The Balaban J connectivity index is 1.73. The van der Waals surface area contributed by atoms with Crippen LogP contribution in [0.15, 0.2) is 28.7 Å². The number of allylic oxidation sites excluding steroid dienone is 3. The number of phosphoric acid groups is 1. The maximum atomic E-state index is 12.7. The molecule has 1 heterocycles. The van der Waals surface area contributed by atoms with Crippen LogP contribution in [0.3, 0.4) is 0 Å². The summed E-state index contributed by atoms with van der Waals surface area (Å²) in [6.07, 6.45) is 18.8. The van der Waals surface area contributed by atoms with Crippen LogP contribution in [0.5, 0.6) is 0 Å². The average molecular weight is 826 g/mol. The van der Waals surface area contributed by atoms with E-state index in [1.165, 1.54) is 11.1 Å². The highest BCUT2D eigenvalue weighted by atomic mass is 31.2. The van der Waals surface area contributed by atoms with Crippen molar-refractivity contribution in [2.45, 2.75) is 168 Å². The number of Topliss-reactive ketones (excluding diaryl/α,β-unsaturated/α-hetero) is 1. The van der Waals surface area contributed by atoms with E-state index >= 15 is 0 Å². The first-order valence-electron chi connectivity index (χ1n) is 21.3. The van der Waals surface area contributed by atoms with Crippen molar-refractivity contribution in [2.75, 3.05) is 26.4 Å². The van der Waals surface area contributed by atoms with Gasteiger partial charge in [-0.25, -0.2) is 4.57 Å². The van der Waals surface area contributed by atoms with Gasteiger partial charge in [0.15, 0.2) is 6.10 Å². The lowest BCUT2D eigenvalue weighted by molar-refractivity contribution is -0.161.